The molecular formula is C20H34N4O. The van der Waals surface area contributed by atoms with E-state index < -0.39 is 0 Å². The van der Waals surface area contributed by atoms with Gasteiger partial charge in [0.2, 0.25) is 0 Å². The molecule has 0 spiro atoms. The minimum Gasteiger partial charge on any atom is -0.492 e. The molecule has 0 saturated carbocycles. The molecule has 1 fully saturated rings. The van der Waals surface area contributed by atoms with E-state index in [9.17, 15) is 0 Å². The number of aryl methyl sites for hydroxylation is 1. The molecule has 25 heavy (non-hydrogen) atoms. The third-order valence-electron chi connectivity index (χ3n) is 4.60. The molecule has 0 amide bonds. The Morgan fingerprint density at radius 2 is 1.92 bits per heavy atom. The summed E-state index contributed by atoms with van der Waals surface area (Å²) in [4.78, 5) is 7.19. The van der Waals surface area contributed by atoms with Crippen molar-refractivity contribution in [1.29, 1.82) is 0 Å². The Morgan fingerprint density at radius 1 is 1.24 bits per heavy atom. The summed E-state index contributed by atoms with van der Waals surface area (Å²) < 4.78 is 5.75. The van der Waals surface area contributed by atoms with Gasteiger partial charge in [-0.1, -0.05) is 17.7 Å². The first-order chi connectivity index (χ1) is 12.1. The van der Waals surface area contributed by atoms with Crippen molar-refractivity contribution in [2.24, 2.45) is 4.99 Å². The highest BCUT2D eigenvalue weighted by molar-refractivity contribution is 5.80. The number of aliphatic imine (C=N–C) groups is 1. The number of benzene rings is 1. The quantitative estimate of drug-likeness (QED) is 0.453. The SMILES string of the molecule is CCNC(=NCCOc1ccc(C)cc1)NC1CCN(C(C)C)CC1. The van der Waals surface area contributed by atoms with Gasteiger partial charge in [-0.15, -0.1) is 0 Å². The van der Waals surface area contributed by atoms with Crippen molar-refractivity contribution in [3.05, 3.63) is 29.8 Å². The van der Waals surface area contributed by atoms with E-state index in [-0.39, 0.29) is 0 Å². The van der Waals surface area contributed by atoms with Gasteiger partial charge < -0.3 is 20.3 Å². The van der Waals surface area contributed by atoms with E-state index in [1.165, 1.54) is 18.4 Å². The average molecular weight is 347 g/mol. The molecular weight excluding hydrogens is 312 g/mol. The summed E-state index contributed by atoms with van der Waals surface area (Å²) in [7, 11) is 0. The number of hydrogen-bond donors (Lipinski definition) is 2. The minimum absolute atomic E-state index is 0.505. The molecule has 0 radical (unpaired) electrons. The van der Waals surface area contributed by atoms with Crippen LogP contribution in [0.1, 0.15) is 39.2 Å². The molecule has 1 aromatic carbocycles. The predicted molar refractivity (Wildman–Crippen MR) is 106 cm³/mol. The van der Waals surface area contributed by atoms with Crippen molar-refractivity contribution in [2.45, 2.75) is 52.6 Å². The first-order valence-corrected chi connectivity index (χ1v) is 9.57. The zero-order chi connectivity index (χ0) is 18.1. The molecule has 5 heteroatoms. The highest BCUT2D eigenvalue weighted by Gasteiger charge is 2.21. The van der Waals surface area contributed by atoms with Crippen LogP contribution in [0, 0.1) is 6.92 Å². The third kappa shape index (κ3) is 6.94. The standard InChI is InChI=1S/C20H34N4O/c1-5-21-20(23-18-10-13-24(14-11-18)16(2)3)22-12-15-25-19-8-6-17(4)7-9-19/h6-9,16,18H,5,10-15H2,1-4H3,(H2,21,22,23). The second-order valence-corrected chi connectivity index (χ2v) is 6.97. The number of ether oxygens (including phenoxy) is 1. The number of likely N-dealkylation sites (tertiary alicyclic amines) is 1. The molecule has 0 bridgehead atoms. The monoisotopic (exact) mass is 346 g/mol. The molecule has 0 aromatic heterocycles. The van der Waals surface area contributed by atoms with E-state index in [0.717, 1.165) is 31.3 Å². The fraction of sp³-hybridized carbons (Fsp3) is 0.650. The molecule has 1 saturated heterocycles. The van der Waals surface area contributed by atoms with E-state index in [2.05, 4.69) is 60.4 Å². The fourth-order valence-corrected chi connectivity index (χ4v) is 3.03. The average Bonchev–Trinajstić information content (AvgIpc) is 2.61. The Kier molecular flexibility index (Phi) is 8.06. The van der Waals surface area contributed by atoms with Crippen LogP contribution in [-0.2, 0) is 0 Å². The van der Waals surface area contributed by atoms with Crippen molar-refractivity contribution < 1.29 is 4.74 Å². The summed E-state index contributed by atoms with van der Waals surface area (Å²) in [5.74, 6) is 1.80. The Bertz CT molecular complexity index is 519. The van der Waals surface area contributed by atoms with Gasteiger partial charge in [-0.3, -0.25) is 0 Å². The maximum absolute atomic E-state index is 5.75. The van der Waals surface area contributed by atoms with E-state index in [0.29, 0.717) is 25.2 Å². The summed E-state index contributed by atoms with van der Waals surface area (Å²) in [5.41, 5.74) is 1.24. The van der Waals surface area contributed by atoms with Gasteiger partial charge in [0.1, 0.15) is 12.4 Å². The van der Waals surface area contributed by atoms with Crippen LogP contribution in [0.4, 0.5) is 0 Å². The lowest BCUT2D eigenvalue weighted by Crippen LogP contribution is -2.50. The summed E-state index contributed by atoms with van der Waals surface area (Å²) in [6, 6.07) is 9.28. The van der Waals surface area contributed by atoms with Crippen LogP contribution in [0.25, 0.3) is 0 Å². The van der Waals surface area contributed by atoms with Gasteiger partial charge in [0.15, 0.2) is 5.96 Å². The van der Waals surface area contributed by atoms with Crippen LogP contribution in [0.15, 0.2) is 29.3 Å². The zero-order valence-electron chi connectivity index (χ0n) is 16.2. The number of piperidine rings is 1. The number of guanidine groups is 1. The number of nitrogens with one attached hydrogen (secondary N) is 2. The van der Waals surface area contributed by atoms with Gasteiger partial charge in [-0.25, -0.2) is 4.99 Å². The van der Waals surface area contributed by atoms with Crippen LogP contribution >= 0.6 is 0 Å². The maximum atomic E-state index is 5.75. The zero-order valence-corrected chi connectivity index (χ0v) is 16.2. The van der Waals surface area contributed by atoms with E-state index in [1.807, 2.05) is 12.1 Å². The summed E-state index contributed by atoms with van der Waals surface area (Å²) in [6.07, 6.45) is 2.34. The number of hydrogen-bond acceptors (Lipinski definition) is 3. The molecule has 140 valence electrons. The van der Waals surface area contributed by atoms with Crippen molar-refractivity contribution in [1.82, 2.24) is 15.5 Å². The van der Waals surface area contributed by atoms with Gasteiger partial charge in [-0.2, -0.15) is 0 Å². The first-order valence-electron chi connectivity index (χ1n) is 9.57. The Hall–Kier alpha value is -1.75. The van der Waals surface area contributed by atoms with E-state index in [1.54, 1.807) is 0 Å². The van der Waals surface area contributed by atoms with Crippen LogP contribution in [0.3, 0.4) is 0 Å². The van der Waals surface area contributed by atoms with Crippen LogP contribution in [0.5, 0.6) is 5.75 Å². The normalized spacial score (nSPS) is 16.9. The molecule has 1 aliphatic rings. The topological polar surface area (TPSA) is 48.9 Å². The van der Waals surface area contributed by atoms with Crippen molar-refractivity contribution in [3.8, 4) is 5.75 Å². The molecule has 2 N–H and O–H groups in total. The smallest absolute Gasteiger partial charge is 0.191 e. The Labute approximate surface area is 152 Å². The molecule has 1 heterocycles. The largest absolute Gasteiger partial charge is 0.492 e. The lowest BCUT2D eigenvalue weighted by atomic mass is 10.0. The van der Waals surface area contributed by atoms with Gasteiger partial charge in [0, 0.05) is 31.7 Å². The fourth-order valence-electron chi connectivity index (χ4n) is 3.03. The van der Waals surface area contributed by atoms with Crippen LogP contribution in [0.2, 0.25) is 0 Å². The van der Waals surface area contributed by atoms with Crippen LogP contribution in [-0.4, -0.2) is 55.7 Å². The molecule has 2 rings (SSSR count). The molecule has 1 aromatic rings. The first kappa shape index (κ1) is 19.6. The van der Waals surface area contributed by atoms with Crippen molar-refractivity contribution in [2.75, 3.05) is 32.8 Å². The van der Waals surface area contributed by atoms with Crippen LogP contribution < -0.4 is 15.4 Å². The van der Waals surface area contributed by atoms with E-state index >= 15 is 0 Å². The van der Waals surface area contributed by atoms with Gasteiger partial charge in [0.25, 0.3) is 0 Å². The minimum atomic E-state index is 0.505. The number of nitrogens with zero attached hydrogens (tertiary/aromatic N) is 2. The molecule has 1 aliphatic heterocycles. The maximum Gasteiger partial charge on any atom is 0.191 e. The second-order valence-electron chi connectivity index (χ2n) is 6.97. The van der Waals surface area contributed by atoms with E-state index in [4.69, 9.17) is 4.74 Å². The van der Waals surface area contributed by atoms with Gasteiger partial charge in [-0.05, 0) is 52.7 Å². The summed E-state index contributed by atoms with van der Waals surface area (Å²) in [5, 5.41) is 6.92. The predicted octanol–water partition coefficient (Wildman–Crippen LogP) is 2.80. The highest BCUT2D eigenvalue weighted by atomic mass is 16.5. The molecule has 0 unspecified atom stereocenters. The number of rotatable bonds is 7. The van der Waals surface area contributed by atoms with Crippen molar-refractivity contribution in [3.63, 3.8) is 0 Å². The highest BCUT2D eigenvalue weighted by Crippen LogP contribution is 2.13. The molecule has 5 nitrogen and oxygen atoms in total. The third-order valence-corrected chi connectivity index (χ3v) is 4.60. The Balaban J connectivity index is 1.75. The second kappa shape index (κ2) is 10.3. The summed E-state index contributed by atoms with van der Waals surface area (Å²) >= 11 is 0. The molecule has 0 atom stereocenters. The lowest BCUT2D eigenvalue weighted by molar-refractivity contribution is 0.167. The summed E-state index contributed by atoms with van der Waals surface area (Å²) in [6.45, 7) is 13.1. The van der Waals surface area contributed by atoms with Crippen molar-refractivity contribution >= 4 is 5.96 Å². The lowest BCUT2D eigenvalue weighted by Gasteiger charge is -2.35. The molecule has 0 aliphatic carbocycles. The van der Waals surface area contributed by atoms with Gasteiger partial charge in [0.05, 0.1) is 6.54 Å². The van der Waals surface area contributed by atoms with Gasteiger partial charge >= 0.3 is 0 Å². The Morgan fingerprint density at radius 3 is 2.52 bits per heavy atom.